The number of carbonyl (C=O) groups excluding carboxylic acids is 4. The number of hydrogen-bond donors (Lipinski definition) is 3. The van der Waals surface area contributed by atoms with E-state index in [1.165, 1.54) is 19.2 Å². The minimum Gasteiger partial charge on any atom is -0.465 e. The molecule has 1 spiro atoms. The van der Waals surface area contributed by atoms with Crippen LogP contribution in [-0.2, 0) is 31.1 Å². The Morgan fingerprint density at radius 2 is 1.80 bits per heavy atom. The zero-order valence-corrected chi connectivity index (χ0v) is 22.0. The van der Waals surface area contributed by atoms with E-state index in [4.69, 9.17) is 16.3 Å². The molecule has 2 fully saturated rings. The highest BCUT2D eigenvalue weighted by Crippen LogP contribution is 2.54. The van der Waals surface area contributed by atoms with Crippen LogP contribution >= 0.6 is 11.6 Å². The third kappa shape index (κ3) is 3.25. The van der Waals surface area contributed by atoms with E-state index in [2.05, 4.69) is 15.6 Å². The van der Waals surface area contributed by atoms with Crippen LogP contribution < -0.4 is 15.5 Å². The van der Waals surface area contributed by atoms with Gasteiger partial charge in [0.15, 0.2) is 0 Å². The fourth-order valence-corrected chi connectivity index (χ4v) is 6.85. The number of methoxy groups -OCH3 is 1. The fourth-order valence-electron chi connectivity index (χ4n) is 6.67. The lowest BCUT2D eigenvalue weighted by molar-refractivity contribution is -0.130. The zero-order valence-electron chi connectivity index (χ0n) is 21.2. The third-order valence-corrected chi connectivity index (χ3v) is 8.58. The summed E-state index contributed by atoms with van der Waals surface area (Å²) in [6, 6.07) is 18.6. The van der Waals surface area contributed by atoms with E-state index in [-0.39, 0.29) is 11.3 Å². The summed E-state index contributed by atoms with van der Waals surface area (Å²) in [5, 5.41) is 7.72. The Bertz CT molecular complexity index is 1770. The van der Waals surface area contributed by atoms with E-state index in [0.717, 1.165) is 21.4 Å². The van der Waals surface area contributed by atoms with Gasteiger partial charge in [0, 0.05) is 39.4 Å². The Labute approximate surface area is 233 Å². The molecule has 2 saturated heterocycles. The summed E-state index contributed by atoms with van der Waals surface area (Å²) in [6.07, 6.45) is 2.26. The quantitative estimate of drug-likeness (QED) is 0.261. The van der Waals surface area contributed by atoms with Gasteiger partial charge in [-0.25, -0.2) is 9.69 Å². The van der Waals surface area contributed by atoms with Crippen LogP contribution in [-0.4, -0.2) is 41.8 Å². The summed E-state index contributed by atoms with van der Waals surface area (Å²) in [5.74, 6) is -4.10. The van der Waals surface area contributed by atoms with Gasteiger partial charge in [-0.3, -0.25) is 19.7 Å². The van der Waals surface area contributed by atoms with Crippen molar-refractivity contribution in [3.63, 3.8) is 0 Å². The number of rotatable bonds is 4. The number of imide groups is 1. The number of nitrogens with one attached hydrogen (secondary N) is 3. The van der Waals surface area contributed by atoms with Crippen LogP contribution in [0.25, 0.3) is 10.9 Å². The second-order valence-corrected chi connectivity index (χ2v) is 10.7. The Balaban J connectivity index is 1.40. The maximum atomic E-state index is 14.3. The number of H-pyrrole nitrogens is 1. The molecule has 3 N–H and O–H groups in total. The standard InChI is InChI=1S/C30H23ClN4O5/c1-40-28(38)18-7-3-5-9-23(18)35-26(36)24-22(12-15-14-32-20-8-4-2-6-17(15)20)34-30(25(24)27(35)37)19-13-16(31)10-11-21(19)33-29(30)39/h2-11,13-14,22,24-25,32,34H,12H2,1H3,(H,33,39)/t22-,24+,25+,30-/m1/s1. The van der Waals surface area contributed by atoms with Crippen LogP contribution in [0.15, 0.2) is 72.9 Å². The molecule has 4 aromatic rings. The summed E-state index contributed by atoms with van der Waals surface area (Å²) in [4.78, 5) is 59.3. The number of aromatic amines is 1. The first-order valence-electron chi connectivity index (χ1n) is 12.8. The molecule has 3 aliphatic rings. The topological polar surface area (TPSA) is 121 Å². The van der Waals surface area contributed by atoms with E-state index in [1.807, 2.05) is 30.5 Å². The van der Waals surface area contributed by atoms with Crippen molar-refractivity contribution < 1.29 is 23.9 Å². The lowest BCUT2D eigenvalue weighted by Gasteiger charge is -2.30. The van der Waals surface area contributed by atoms with Crippen molar-refractivity contribution >= 4 is 57.6 Å². The van der Waals surface area contributed by atoms with Crippen LogP contribution in [0.2, 0.25) is 5.02 Å². The minimum absolute atomic E-state index is 0.0844. The van der Waals surface area contributed by atoms with Gasteiger partial charge in [0.1, 0.15) is 5.54 Å². The number of carbonyl (C=O) groups is 4. The maximum Gasteiger partial charge on any atom is 0.339 e. The van der Waals surface area contributed by atoms with Crippen molar-refractivity contribution in [2.75, 3.05) is 17.3 Å². The maximum absolute atomic E-state index is 14.3. The molecule has 0 bridgehead atoms. The molecular formula is C30H23ClN4O5. The molecular weight excluding hydrogens is 532 g/mol. The molecule has 1 aromatic heterocycles. The van der Waals surface area contributed by atoms with E-state index in [9.17, 15) is 19.2 Å². The highest BCUT2D eigenvalue weighted by atomic mass is 35.5. The molecule has 200 valence electrons. The van der Waals surface area contributed by atoms with E-state index >= 15 is 0 Å². The Morgan fingerprint density at radius 3 is 2.62 bits per heavy atom. The van der Waals surface area contributed by atoms with Crippen molar-refractivity contribution in [1.82, 2.24) is 10.3 Å². The largest absolute Gasteiger partial charge is 0.465 e. The number of fused-ring (bicyclic) bond motifs is 5. The van der Waals surface area contributed by atoms with Crippen LogP contribution in [0, 0.1) is 11.8 Å². The molecule has 0 radical (unpaired) electrons. The normalized spacial score (nSPS) is 25.0. The number of hydrogen-bond acceptors (Lipinski definition) is 6. The summed E-state index contributed by atoms with van der Waals surface area (Å²) >= 11 is 6.37. The van der Waals surface area contributed by atoms with Gasteiger partial charge in [0.05, 0.1) is 30.2 Å². The van der Waals surface area contributed by atoms with Gasteiger partial charge in [-0.15, -0.1) is 0 Å². The molecule has 3 aliphatic heterocycles. The van der Waals surface area contributed by atoms with E-state index in [1.54, 1.807) is 30.3 Å². The molecule has 3 aromatic carbocycles. The number of benzene rings is 3. The van der Waals surface area contributed by atoms with E-state index in [0.29, 0.717) is 22.7 Å². The van der Waals surface area contributed by atoms with Crippen LogP contribution in [0.4, 0.5) is 11.4 Å². The first-order valence-corrected chi connectivity index (χ1v) is 13.2. The number of para-hydroxylation sites is 2. The number of halogens is 1. The van der Waals surface area contributed by atoms with Crippen molar-refractivity contribution in [3.05, 3.63) is 94.6 Å². The minimum atomic E-state index is -1.52. The zero-order chi connectivity index (χ0) is 27.8. The van der Waals surface area contributed by atoms with Crippen LogP contribution in [0.5, 0.6) is 0 Å². The van der Waals surface area contributed by atoms with Gasteiger partial charge >= 0.3 is 5.97 Å². The van der Waals surface area contributed by atoms with Gasteiger partial charge in [-0.2, -0.15) is 0 Å². The predicted molar refractivity (Wildman–Crippen MR) is 148 cm³/mol. The summed E-state index contributed by atoms with van der Waals surface area (Å²) in [6.45, 7) is 0. The number of ether oxygens (including phenoxy) is 1. The lowest BCUT2D eigenvalue weighted by atomic mass is 9.76. The molecule has 7 rings (SSSR count). The van der Waals surface area contributed by atoms with Crippen LogP contribution in [0.1, 0.15) is 21.5 Å². The Hall–Kier alpha value is -4.47. The van der Waals surface area contributed by atoms with E-state index < -0.39 is 47.1 Å². The molecule has 9 nitrogen and oxygen atoms in total. The Morgan fingerprint density at radius 1 is 1.02 bits per heavy atom. The highest BCUT2D eigenvalue weighted by Gasteiger charge is 2.70. The number of nitrogens with zero attached hydrogens (tertiary/aromatic N) is 1. The van der Waals surface area contributed by atoms with Crippen molar-refractivity contribution in [2.45, 2.75) is 18.0 Å². The molecule has 4 atom stereocenters. The molecule has 0 unspecified atom stereocenters. The average Bonchev–Trinajstić information content (AvgIpc) is 3.67. The molecule has 10 heteroatoms. The summed E-state index contributed by atoms with van der Waals surface area (Å²) in [7, 11) is 1.24. The highest BCUT2D eigenvalue weighted by molar-refractivity contribution is 6.31. The van der Waals surface area contributed by atoms with Gasteiger partial charge < -0.3 is 15.0 Å². The molecule has 4 heterocycles. The molecule has 0 aliphatic carbocycles. The van der Waals surface area contributed by atoms with Gasteiger partial charge in [0.2, 0.25) is 17.7 Å². The summed E-state index contributed by atoms with van der Waals surface area (Å²) < 4.78 is 4.92. The Kier molecular flexibility index (Phi) is 5.39. The number of esters is 1. The first-order chi connectivity index (χ1) is 19.3. The van der Waals surface area contributed by atoms with Crippen molar-refractivity contribution in [2.24, 2.45) is 11.8 Å². The number of amides is 3. The second kappa shape index (κ2) is 8.77. The molecule has 3 amide bonds. The number of aromatic nitrogens is 1. The summed E-state index contributed by atoms with van der Waals surface area (Å²) in [5.41, 5.74) is 1.63. The lowest BCUT2D eigenvalue weighted by Crippen LogP contribution is -2.53. The average molecular weight is 555 g/mol. The smallest absolute Gasteiger partial charge is 0.339 e. The van der Waals surface area contributed by atoms with Crippen molar-refractivity contribution in [1.29, 1.82) is 0 Å². The second-order valence-electron chi connectivity index (χ2n) is 10.3. The third-order valence-electron chi connectivity index (χ3n) is 8.34. The first kappa shape index (κ1) is 24.6. The predicted octanol–water partition coefficient (Wildman–Crippen LogP) is 3.78. The fraction of sp³-hybridized carbons (Fsp3) is 0.200. The van der Waals surface area contributed by atoms with Gasteiger partial charge in [0.25, 0.3) is 0 Å². The number of anilines is 2. The van der Waals surface area contributed by atoms with Gasteiger partial charge in [-0.1, -0.05) is 41.9 Å². The molecule has 0 saturated carbocycles. The SMILES string of the molecule is COC(=O)c1ccccc1N1C(=O)[C@@H]2[C@@H](C1=O)[C@@]1(N[C@@H]2Cc2c[nH]c3ccccc23)C(=O)Nc2ccc(Cl)cc21. The van der Waals surface area contributed by atoms with Crippen LogP contribution in [0.3, 0.4) is 0 Å². The monoisotopic (exact) mass is 554 g/mol. The van der Waals surface area contributed by atoms with Gasteiger partial charge in [-0.05, 0) is 48.4 Å². The molecule has 40 heavy (non-hydrogen) atoms. The van der Waals surface area contributed by atoms with Crippen molar-refractivity contribution in [3.8, 4) is 0 Å².